The molecule has 0 aromatic carbocycles. The topological polar surface area (TPSA) is 55.0 Å². The van der Waals surface area contributed by atoms with E-state index in [0.717, 1.165) is 31.0 Å². The first-order valence-electron chi connectivity index (χ1n) is 6.52. The van der Waals surface area contributed by atoms with Crippen LogP contribution in [-0.4, -0.2) is 34.0 Å². The normalized spacial score (nSPS) is 21.6. The first kappa shape index (κ1) is 12.5. The van der Waals surface area contributed by atoms with Gasteiger partial charge in [-0.05, 0) is 45.3 Å². The zero-order valence-corrected chi connectivity index (χ0v) is 10.6. The van der Waals surface area contributed by atoms with Crippen molar-refractivity contribution in [2.75, 3.05) is 13.1 Å². The number of hydrogen-bond acceptors (Lipinski definition) is 4. The van der Waals surface area contributed by atoms with Crippen molar-refractivity contribution in [2.24, 2.45) is 5.73 Å². The van der Waals surface area contributed by atoms with E-state index in [1.54, 1.807) is 0 Å². The van der Waals surface area contributed by atoms with Gasteiger partial charge in [0.1, 0.15) is 5.82 Å². The van der Waals surface area contributed by atoms with Crippen LogP contribution in [0.1, 0.15) is 37.2 Å². The van der Waals surface area contributed by atoms with Gasteiger partial charge in [-0.3, -0.25) is 4.90 Å². The molecule has 2 N–H and O–H groups in total. The van der Waals surface area contributed by atoms with Gasteiger partial charge in [-0.2, -0.15) is 0 Å². The molecule has 0 amide bonds. The fraction of sp³-hybridized carbons (Fsp3) is 0.692. The summed E-state index contributed by atoms with van der Waals surface area (Å²) in [6.45, 7) is 4.84. The molecule has 1 aromatic heterocycles. The number of nitrogens with two attached hydrogens (primary N) is 1. The van der Waals surface area contributed by atoms with Gasteiger partial charge in [-0.1, -0.05) is 6.42 Å². The van der Waals surface area contributed by atoms with Crippen LogP contribution < -0.4 is 5.73 Å². The van der Waals surface area contributed by atoms with E-state index in [0.29, 0.717) is 6.04 Å². The fourth-order valence-corrected chi connectivity index (χ4v) is 2.59. The summed E-state index contributed by atoms with van der Waals surface area (Å²) in [5, 5.41) is 0. The second-order valence-electron chi connectivity index (χ2n) is 4.79. The summed E-state index contributed by atoms with van der Waals surface area (Å²) >= 11 is 0. The first-order valence-corrected chi connectivity index (χ1v) is 6.52. The number of nitrogens with zero attached hydrogens (tertiary/aromatic N) is 3. The summed E-state index contributed by atoms with van der Waals surface area (Å²) in [4.78, 5) is 11.1. The third-order valence-corrected chi connectivity index (χ3v) is 3.45. The minimum Gasteiger partial charge on any atom is -0.330 e. The zero-order valence-electron chi connectivity index (χ0n) is 10.6. The molecule has 0 saturated carbocycles. The number of aromatic nitrogens is 2. The van der Waals surface area contributed by atoms with E-state index in [-0.39, 0.29) is 0 Å². The summed E-state index contributed by atoms with van der Waals surface area (Å²) in [5.74, 6) is 0.856. The third-order valence-electron chi connectivity index (χ3n) is 3.45. The average Bonchev–Trinajstić information content (AvgIpc) is 2.32. The third kappa shape index (κ3) is 3.48. The number of hydrogen-bond donors (Lipinski definition) is 1. The van der Waals surface area contributed by atoms with Crippen LogP contribution in [0, 0.1) is 6.92 Å². The molecular formula is C13H22N4. The molecule has 1 aromatic rings. The summed E-state index contributed by atoms with van der Waals surface area (Å²) in [5.41, 5.74) is 6.81. The van der Waals surface area contributed by atoms with Gasteiger partial charge in [-0.25, -0.2) is 9.97 Å². The van der Waals surface area contributed by atoms with Crippen molar-refractivity contribution in [3.8, 4) is 0 Å². The van der Waals surface area contributed by atoms with Crippen LogP contribution in [0.3, 0.4) is 0 Å². The molecule has 2 rings (SSSR count). The molecule has 1 fully saturated rings. The molecule has 1 aliphatic heterocycles. The molecule has 0 bridgehead atoms. The van der Waals surface area contributed by atoms with Crippen molar-refractivity contribution in [2.45, 2.75) is 45.2 Å². The largest absolute Gasteiger partial charge is 0.330 e. The van der Waals surface area contributed by atoms with E-state index in [1.165, 1.54) is 25.8 Å². The number of aryl methyl sites for hydroxylation is 1. The number of rotatable bonds is 4. The minimum absolute atomic E-state index is 0.643. The Morgan fingerprint density at radius 1 is 1.47 bits per heavy atom. The van der Waals surface area contributed by atoms with Gasteiger partial charge in [0.2, 0.25) is 0 Å². The van der Waals surface area contributed by atoms with Crippen LogP contribution in [0.25, 0.3) is 0 Å². The molecule has 94 valence electrons. The minimum atomic E-state index is 0.643. The molecule has 1 aliphatic rings. The summed E-state index contributed by atoms with van der Waals surface area (Å²) < 4.78 is 0. The summed E-state index contributed by atoms with van der Waals surface area (Å²) in [6, 6.07) is 2.66. The number of likely N-dealkylation sites (tertiary alicyclic amines) is 1. The average molecular weight is 234 g/mol. The van der Waals surface area contributed by atoms with Crippen LogP contribution >= 0.6 is 0 Å². The van der Waals surface area contributed by atoms with Crippen molar-refractivity contribution >= 4 is 0 Å². The van der Waals surface area contributed by atoms with Crippen molar-refractivity contribution < 1.29 is 0 Å². The van der Waals surface area contributed by atoms with E-state index in [2.05, 4.69) is 14.9 Å². The Morgan fingerprint density at radius 3 is 3.12 bits per heavy atom. The van der Waals surface area contributed by atoms with Gasteiger partial charge in [0.15, 0.2) is 0 Å². The van der Waals surface area contributed by atoms with E-state index in [1.807, 2.05) is 19.2 Å². The maximum atomic E-state index is 5.69. The highest BCUT2D eigenvalue weighted by Gasteiger charge is 2.21. The Balaban J connectivity index is 2.00. The standard InChI is InChI=1S/C13H22N4/c1-11-15-8-6-12(16-11)10-17-9-3-2-4-13(17)5-7-14/h6,8,13H,2-5,7,9-10,14H2,1H3. The van der Waals surface area contributed by atoms with Crippen LogP contribution in [0.2, 0.25) is 0 Å². The molecule has 1 unspecified atom stereocenters. The molecule has 0 aliphatic carbocycles. The lowest BCUT2D eigenvalue weighted by Crippen LogP contribution is -2.40. The van der Waals surface area contributed by atoms with Gasteiger partial charge in [-0.15, -0.1) is 0 Å². The summed E-state index contributed by atoms with van der Waals surface area (Å²) in [7, 11) is 0. The van der Waals surface area contributed by atoms with Gasteiger partial charge in [0.25, 0.3) is 0 Å². The van der Waals surface area contributed by atoms with E-state index in [4.69, 9.17) is 5.73 Å². The molecule has 17 heavy (non-hydrogen) atoms. The van der Waals surface area contributed by atoms with E-state index < -0.39 is 0 Å². The van der Waals surface area contributed by atoms with Gasteiger partial charge in [0, 0.05) is 18.8 Å². The lowest BCUT2D eigenvalue weighted by molar-refractivity contribution is 0.132. The second kappa shape index (κ2) is 6.07. The Hall–Kier alpha value is -1.00. The Morgan fingerprint density at radius 2 is 2.35 bits per heavy atom. The van der Waals surface area contributed by atoms with Gasteiger partial charge >= 0.3 is 0 Å². The van der Waals surface area contributed by atoms with Crippen LogP contribution in [0.15, 0.2) is 12.3 Å². The second-order valence-corrected chi connectivity index (χ2v) is 4.79. The monoisotopic (exact) mass is 234 g/mol. The maximum Gasteiger partial charge on any atom is 0.125 e. The smallest absolute Gasteiger partial charge is 0.125 e. The van der Waals surface area contributed by atoms with Crippen LogP contribution in [0.5, 0.6) is 0 Å². The number of piperidine rings is 1. The fourth-order valence-electron chi connectivity index (χ4n) is 2.59. The van der Waals surface area contributed by atoms with Crippen molar-refractivity contribution in [1.82, 2.24) is 14.9 Å². The maximum absolute atomic E-state index is 5.69. The molecule has 4 nitrogen and oxygen atoms in total. The Labute approximate surface area is 103 Å². The lowest BCUT2D eigenvalue weighted by atomic mass is 9.99. The lowest BCUT2D eigenvalue weighted by Gasteiger charge is -2.35. The van der Waals surface area contributed by atoms with Crippen molar-refractivity contribution in [1.29, 1.82) is 0 Å². The molecule has 4 heteroatoms. The molecular weight excluding hydrogens is 212 g/mol. The van der Waals surface area contributed by atoms with E-state index in [9.17, 15) is 0 Å². The SMILES string of the molecule is Cc1nccc(CN2CCCCC2CCN)n1. The predicted octanol–water partition coefficient (Wildman–Crippen LogP) is 1.49. The predicted molar refractivity (Wildman–Crippen MR) is 68.5 cm³/mol. The Bertz CT molecular complexity index is 351. The van der Waals surface area contributed by atoms with Gasteiger partial charge < -0.3 is 5.73 Å². The molecule has 0 radical (unpaired) electrons. The molecule has 0 spiro atoms. The van der Waals surface area contributed by atoms with Crippen LogP contribution in [0.4, 0.5) is 0 Å². The first-order chi connectivity index (χ1) is 8.29. The summed E-state index contributed by atoms with van der Waals surface area (Å²) in [6.07, 6.45) is 6.86. The quantitative estimate of drug-likeness (QED) is 0.857. The van der Waals surface area contributed by atoms with E-state index >= 15 is 0 Å². The van der Waals surface area contributed by atoms with Crippen molar-refractivity contribution in [3.63, 3.8) is 0 Å². The van der Waals surface area contributed by atoms with Gasteiger partial charge in [0.05, 0.1) is 5.69 Å². The zero-order chi connectivity index (χ0) is 12.1. The van der Waals surface area contributed by atoms with Crippen LogP contribution in [-0.2, 0) is 6.54 Å². The Kier molecular flexibility index (Phi) is 4.45. The molecule has 1 saturated heterocycles. The molecule has 1 atom stereocenters. The highest BCUT2D eigenvalue weighted by atomic mass is 15.2. The highest BCUT2D eigenvalue weighted by Crippen LogP contribution is 2.20. The van der Waals surface area contributed by atoms with Crippen molar-refractivity contribution in [3.05, 3.63) is 23.8 Å². The highest BCUT2D eigenvalue weighted by molar-refractivity contribution is 5.02. The molecule has 2 heterocycles.